The third-order valence-electron chi connectivity index (χ3n) is 3.54. The van der Waals surface area contributed by atoms with Crippen molar-refractivity contribution in [3.05, 3.63) is 38.7 Å². The second-order valence-corrected chi connectivity index (χ2v) is 5.53. The Labute approximate surface area is 148 Å². The summed E-state index contributed by atoms with van der Waals surface area (Å²) in [5.74, 6) is -0.898. The average molecular weight is 369 g/mol. The Hall–Kier alpha value is -2.54. The first-order valence-corrected chi connectivity index (χ1v) is 7.86. The van der Waals surface area contributed by atoms with Crippen LogP contribution in [0, 0.1) is 6.92 Å². The van der Waals surface area contributed by atoms with E-state index < -0.39 is 17.6 Å². The Bertz CT molecular complexity index is 869. The molecule has 0 radical (unpaired) electrons. The van der Waals surface area contributed by atoms with Gasteiger partial charge in [-0.25, -0.2) is 9.59 Å². The van der Waals surface area contributed by atoms with Gasteiger partial charge in [-0.05, 0) is 25.5 Å². The molecule has 0 saturated heterocycles. The van der Waals surface area contributed by atoms with Crippen molar-refractivity contribution in [2.75, 3.05) is 20.3 Å². The van der Waals surface area contributed by atoms with Crippen LogP contribution in [0.2, 0.25) is 5.02 Å². The molecule has 0 bridgehead atoms. The van der Waals surface area contributed by atoms with E-state index in [2.05, 4.69) is 4.74 Å². The van der Waals surface area contributed by atoms with Crippen LogP contribution in [0.15, 0.2) is 21.3 Å². The molecule has 2 rings (SSSR count). The summed E-state index contributed by atoms with van der Waals surface area (Å²) >= 11 is 6.17. The monoisotopic (exact) mass is 368 g/mol. The zero-order valence-corrected chi connectivity index (χ0v) is 14.8. The number of benzene rings is 1. The Kier molecular flexibility index (Phi) is 6.03. The van der Waals surface area contributed by atoms with Gasteiger partial charge >= 0.3 is 17.6 Å². The van der Waals surface area contributed by atoms with E-state index in [4.69, 9.17) is 25.5 Å². The minimum absolute atomic E-state index is 0.186. The van der Waals surface area contributed by atoms with Crippen molar-refractivity contribution in [1.82, 2.24) is 0 Å². The molecule has 0 aliphatic rings. The molecule has 0 fully saturated rings. The smallest absolute Gasteiger partial charge is 0.344 e. The minimum atomic E-state index is -0.644. The Morgan fingerprint density at radius 2 is 1.96 bits per heavy atom. The van der Waals surface area contributed by atoms with Gasteiger partial charge in [0.05, 0.1) is 30.7 Å². The predicted molar refractivity (Wildman–Crippen MR) is 90.1 cm³/mol. The number of aryl methyl sites for hydroxylation is 1. The Morgan fingerprint density at radius 3 is 2.60 bits per heavy atom. The summed E-state index contributed by atoms with van der Waals surface area (Å²) in [5.41, 5.74) is 0.361. The summed E-state index contributed by atoms with van der Waals surface area (Å²) in [7, 11) is 1.24. The fourth-order valence-corrected chi connectivity index (χ4v) is 2.48. The normalized spacial score (nSPS) is 10.6. The molecule has 7 nitrogen and oxygen atoms in total. The van der Waals surface area contributed by atoms with Crippen LogP contribution in [-0.2, 0) is 25.5 Å². The summed E-state index contributed by atoms with van der Waals surface area (Å²) in [6.45, 7) is 3.30. The van der Waals surface area contributed by atoms with E-state index in [9.17, 15) is 14.4 Å². The number of fused-ring (bicyclic) bond motifs is 1. The van der Waals surface area contributed by atoms with Crippen LogP contribution < -0.4 is 10.4 Å². The van der Waals surface area contributed by atoms with Gasteiger partial charge in [0.25, 0.3) is 0 Å². The van der Waals surface area contributed by atoms with Crippen molar-refractivity contribution in [2.45, 2.75) is 20.3 Å². The largest absolute Gasteiger partial charge is 0.480 e. The van der Waals surface area contributed by atoms with Crippen LogP contribution in [-0.4, -0.2) is 32.3 Å². The van der Waals surface area contributed by atoms with Gasteiger partial charge in [0.1, 0.15) is 11.3 Å². The molecule has 2 aromatic rings. The molecular weight excluding hydrogens is 352 g/mol. The molecule has 25 heavy (non-hydrogen) atoms. The lowest BCUT2D eigenvalue weighted by Crippen LogP contribution is -2.16. The van der Waals surface area contributed by atoms with Gasteiger partial charge in [0, 0.05) is 11.5 Å². The van der Waals surface area contributed by atoms with Gasteiger partial charge in [0.15, 0.2) is 6.61 Å². The van der Waals surface area contributed by atoms with E-state index >= 15 is 0 Å². The molecule has 134 valence electrons. The maximum atomic E-state index is 12.1. The fourth-order valence-electron chi connectivity index (χ4n) is 2.26. The SMILES string of the molecule is CCOC(=O)COc1cc2oc(=O)c(CC(=O)OC)c(C)c2cc1Cl. The van der Waals surface area contributed by atoms with Crippen molar-refractivity contribution in [2.24, 2.45) is 0 Å². The highest BCUT2D eigenvalue weighted by Crippen LogP contribution is 2.32. The molecule has 0 amide bonds. The van der Waals surface area contributed by atoms with E-state index in [0.29, 0.717) is 10.9 Å². The summed E-state index contributed by atoms with van der Waals surface area (Å²) < 4.78 is 19.9. The number of ether oxygens (including phenoxy) is 3. The highest BCUT2D eigenvalue weighted by atomic mass is 35.5. The average Bonchev–Trinajstić information content (AvgIpc) is 2.57. The predicted octanol–water partition coefficient (Wildman–Crippen LogP) is 2.41. The standard InChI is InChI=1S/C17H17ClO7/c1-4-23-16(20)8-24-14-7-13-10(5-12(14)18)9(2)11(17(21)25-13)6-15(19)22-3/h5,7H,4,6,8H2,1-3H3. The Morgan fingerprint density at radius 1 is 1.24 bits per heavy atom. The topological polar surface area (TPSA) is 92.0 Å². The molecule has 0 aliphatic heterocycles. The van der Waals surface area contributed by atoms with Gasteiger partial charge in [-0.3, -0.25) is 4.79 Å². The maximum absolute atomic E-state index is 12.1. The molecule has 1 heterocycles. The fraction of sp³-hybridized carbons (Fsp3) is 0.353. The van der Waals surface area contributed by atoms with Crippen molar-refractivity contribution in [1.29, 1.82) is 0 Å². The first kappa shape index (κ1) is 18.8. The van der Waals surface area contributed by atoms with Crippen molar-refractivity contribution in [3.63, 3.8) is 0 Å². The van der Waals surface area contributed by atoms with Crippen LogP contribution in [0.1, 0.15) is 18.1 Å². The number of halogens is 1. The van der Waals surface area contributed by atoms with E-state index in [1.165, 1.54) is 13.2 Å². The highest BCUT2D eigenvalue weighted by molar-refractivity contribution is 6.32. The van der Waals surface area contributed by atoms with E-state index in [0.717, 1.165) is 0 Å². The zero-order chi connectivity index (χ0) is 18.6. The third kappa shape index (κ3) is 4.30. The first-order chi connectivity index (χ1) is 11.9. The molecule has 0 atom stereocenters. The molecule has 0 spiro atoms. The number of esters is 2. The number of rotatable bonds is 6. The molecule has 0 unspecified atom stereocenters. The molecule has 1 aromatic carbocycles. The lowest BCUT2D eigenvalue weighted by Gasteiger charge is -2.11. The van der Waals surface area contributed by atoms with Gasteiger partial charge in [-0.1, -0.05) is 11.6 Å². The van der Waals surface area contributed by atoms with Gasteiger partial charge in [-0.2, -0.15) is 0 Å². The first-order valence-electron chi connectivity index (χ1n) is 7.48. The number of carbonyl (C=O) groups is 2. The van der Waals surface area contributed by atoms with Crippen LogP contribution in [0.5, 0.6) is 5.75 Å². The van der Waals surface area contributed by atoms with Crippen LogP contribution in [0.25, 0.3) is 11.0 Å². The zero-order valence-electron chi connectivity index (χ0n) is 14.0. The van der Waals surface area contributed by atoms with Gasteiger partial charge in [0.2, 0.25) is 0 Å². The number of hydrogen-bond acceptors (Lipinski definition) is 7. The minimum Gasteiger partial charge on any atom is -0.480 e. The highest BCUT2D eigenvalue weighted by Gasteiger charge is 2.17. The number of hydrogen-bond donors (Lipinski definition) is 0. The lowest BCUT2D eigenvalue weighted by atomic mass is 10.0. The molecule has 0 N–H and O–H groups in total. The van der Waals surface area contributed by atoms with Crippen molar-refractivity contribution < 1.29 is 28.2 Å². The van der Waals surface area contributed by atoms with Crippen molar-refractivity contribution in [3.8, 4) is 5.75 Å². The van der Waals surface area contributed by atoms with E-state index in [1.54, 1.807) is 19.9 Å². The second-order valence-electron chi connectivity index (χ2n) is 5.12. The van der Waals surface area contributed by atoms with E-state index in [1.807, 2.05) is 0 Å². The third-order valence-corrected chi connectivity index (χ3v) is 3.83. The quantitative estimate of drug-likeness (QED) is 0.571. The van der Waals surface area contributed by atoms with Crippen LogP contribution in [0.4, 0.5) is 0 Å². The van der Waals surface area contributed by atoms with E-state index in [-0.39, 0.29) is 41.6 Å². The summed E-state index contributed by atoms with van der Waals surface area (Å²) in [4.78, 5) is 35.0. The summed E-state index contributed by atoms with van der Waals surface area (Å²) in [6.07, 6.45) is -0.195. The Balaban J connectivity index is 2.40. The molecule has 1 aromatic heterocycles. The molecule has 0 saturated carbocycles. The van der Waals surface area contributed by atoms with Gasteiger partial charge < -0.3 is 18.6 Å². The number of carbonyl (C=O) groups excluding carboxylic acids is 2. The van der Waals surface area contributed by atoms with Gasteiger partial charge in [-0.15, -0.1) is 0 Å². The van der Waals surface area contributed by atoms with Crippen LogP contribution in [0.3, 0.4) is 0 Å². The summed E-state index contributed by atoms with van der Waals surface area (Å²) in [5, 5.41) is 0.796. The number of methoxy groups -OCH3 is 1. The maximum Gasteiger partial charge on any atom is 0.344 e. The van der Waals surface area contributed by atoms with Crippen LogP contribution >= 0.6 is 11.6 Å². The summed E-state index contributed by atoms with van der Waals surface area (Å²) in [6, 6.07) is 2.98. The lowest BCUT2D eigenvalue weighted by molar-refractivity contribution is -0.145. The molecular formula is C17H17ClO7. The molecule has 0 aliphatic carbocycles. The van der Waals surface area contributed by atoms with Crippen molar-refractivity contribution >= 4 is 34.5 Å². The molecule has 8 heteroatoms. The second kappa shape index (κ2) is 8.02.